The molecule has 0 aliphatic heterocycles. The largest absolute Gasteiger partial charge is 0.480 e. The zero-order valence-corrected chi connectivity index (χ0v) is 5.89. The summed E-state index contributed by atoms with van der Waals surface area (Å²) in [6.07, 6.45) is 0. The first kappa shape index (κ1) is 10.6. The van der Waals surface area contributed by atoms with Gasteiger partial charge in [0.15, 0.2) is 0 Å². The molecular weight excluding hydrogens is 184 g/mol. The maximum atomic E-state index is 10.3. The number of aliphatic carboxylic acids is 2. The van der Waals surface area contributed by atoms with Crippen molar-refractivity contribution < 1.29 is 19.8 Å². The molecule has 10 heteroatoms. The van der Waals surface area contributed by atoms with Gasteiger partial charge in [0.25, 0.3) is 0 Å². The SMILES string of the molecule is [N-]=[N+]=NC(N=[N+]=[N-])(C(=O)O)C(=O)O. The Morgan fingerprint density at radius 2 is 1.38 bits per heavy atom. The quantitative estimate of drug-likeness (QED) is 0.281. The molecule has 13 heavy (non-hydrogen) atoms. The minimum absolute atomic E-state index is 1.97. The Morgan fingerprint density at radius 1 is 1.08 bits per heavy atom. The molecule has 0 unspecified atom stereocenters. The molecule has 0 aliphatic carbocycles. The minimum atomic E-state index is -3.15. The van der Waals surface area contributed by atoms with Crippen molar-refractivity contribution in [2.45, 2.75) is 5.66 Å². The molecule has 0 heterocycles. The van der Waals surface area contributed by atoms with Crippen LogP contribution in [0.15, 0.2) is 10.2 Å². The molecule has 2 N–H and O–H groups in total. The third-order valence-corrected chi connectivity index (χ3v) is 0.975. The predicted octanol–water partition coefficient (Wildman–Crippen LogP) is 0.472. The van der Waals surface area contributed by atoms with Crippen LogP contribution in [0.1, 0.15) is 0 Å². The number of hydrogen-bond donors (Lipinski definition) is 2. The second kappa shape index (κ2) is 3.81. The maximum absolute atomic E-state index is 10.3. The summed E-state index contributed by atoms with van der Waals surface area (Å²) in [5.41, 5.74) is 12.6. The van der Waals surface area contributed by atoms with E-state index in [2.05, 4.69) is 10.2 Å². The molecule has 0 atom stereocenters. The van der Waals surface area contributed by atoms with Gasteiger partial charge in [0, 0.05) is 9.82 Å². The first-order valence-corrected chi connectivity index (χ1v) is 2.60. The molecule has 0 aromatic heterocycles. The Labute approximate surface area is 69.6 Å². The highest BCUT2D eigenvalue weighted by atomic mass is 16.4. The lowest BCUT2D eigenvalue weighted by atomic mass is 10.2. The lowest BCUT2D eigenvalue weighted by Gasteiger charge is -2.10. The monoisotopic (exact) mass is 186 g/mol. The Hall–Kier alpha value is -2.44. The molecule has 0 aromatic rings. The molecule has 68 valence electrons. The second-order valence-electron chi connectivity index (χ2n) is 1.66. The van der Waals surface area contributed by atoms with Crippen molar-refractivity contribution in [2.24, 2.45) is 10.2 Å². The molecule has 0 bridgehead atoms. The van der Waals surface area contributed by atoms with E-state index >= 15 is 0 Å². The number of azide groups is 1. The van der Waals surface area contributed by atoms with E-state index in [1.807, 2.05) is 9.82 Å². The van der Waals surface area contributed by atoms with Gasteiger partial charge in [-0.3, -0.25) is 9.59 Å². The molecule has 0 radical (unpaired) electrons. The fourth-order valence-electron chi connectivity index (χ4n) is 0.412. The van der Waals surface area contributed by atoms with Crippen LogP contribution in [0.3, 0.4) is 0 Å². The zero-order valence-electron chi connectivity index (χ0n) is 5.89. The lowest BCUT2D eigenvalue weighted by molar-refractivity contribution is -0.156. The van der Waals surface area contributed by atoms with Crippen molar-refractivity contribution in [3.63, 3.8) is 0 Å². The molecule has 0 fully saturated rings. The first-order chi connectivity index (χ1) is 6.01. The molecule has 0 aliphatic rings. The van der Waals surface area contributed by atoms with Crippen molar-refractivity contribution in [1.82, 2.24) is 0 Å². The molecule has 0 saturated carbocycles. The van der Waals surface area contributed by atoms with Gasteiger partial charge in [0.2, 0.25) is 0 Å². The van der Waals surface area contributed by atoms with Crippen molar-refractivity contribution >= 4 is 11.9 Å². The Bertz CT molecular complexity index is 294. The van der Waals surface area contributed by atoms with Gasteiger partial charge in [-0.05, 0) is 11.1 Å². The highest BCUT2D eigenvalue weighted by Gasteiger charge is 2.45. The molecule has 0 rings (SSSR count). The topological polar surface area (TPSA) is 172 Å². The second-order valence-corrected chi connectivity index (χ2v) is 1.66. The molecule has 0 saturated heterocycles. The van der Waals surface area contributed by atoms with Crippen LogP contribution in [-0.2, 0) is 9.59 Å². The van der Waals surface area contributed by atoms with E-state index in [4.69, 9.17) is 21.3 Å². The fraction of sp³-hybridized carbons (Fsp3) is 0.333. The molecular formula is C3H2N6O4. The van der Waals surface area contributed by atoms with Crippen LogP contribution in [-0.4, -0.2) is 27.8 Å². The van der Waals surface area contributed by atoms with E-state index < -0.39 is 17.6 Å². The maximum Gasteiger partial charge on any atom is 0.333 e. The number of carboxylic acid groups (broad SMARTS) is 2. The van der Waals surface area contributed by atoms with Gasteiger partial charge in [0.1, 0.15) is 0 Å². The Kier molecular flexibility index (Phi) is 3.09. The first-order valence-electron chi connectivity index (χ1n) is 2.60. The van der Waals surface area contributed by atoms with Gasteiger partial charge >= 0.3 is 17.6 Å². The minimum Gasteiger partial charge on any atom is -0.480 e. The molecule has 0 aromatic carbocycles. The summed E-state index contributed by atoms with van der Waals surface area (Å²) in [6.45, 7) is 0. The molecule has 0 amide bonds. The van der Waals surface area contributed by atoms with E-state index in [0.29, 0.717) is 0 Å². The third kappa shape index (κ3) is 1.77. The Balaban J connectivity index is 5.56. The van der Waals surface area contributed by atoms with Gasteiger partial charge in [-0.2, -0.15) is 0 Å². The van der Waals surface area contributed by atoms with Crippen LogP contribution in [0.4, 0.5) is 0 Å². The standard InChI is InChI=1S/C3H2N6O4/c4-8-6-3(1(10)11,2(12)13)7-9-5/h(H,10,11)(H,12,13). The smallest absolute Gasteiger partial charge is 0.333 e. The van der Waals surface area contributed by atoms with E-state index in [1.165, 1.54) is 0 Å². The van der Waals surface area contributed by atoms with Crippen LogP contribution in [0.2, 0.25) is 0 Å². The summed E-state index contributed by atoms with van der Waals surface area (Å²) in [4.78, 5) is 24.6. The summed E-state index contributed by atoms with van der Waals surface area (Å²) in [7, 11) is 0. The summed E-state index contributed by atoms with van der Waals surface area (Å²) in [5, 5.41) is 21.5. The number of hydrogen-bond acceptors (Lipinski definition) is 4. The van der Waals surface area contributed by atoms with Crippen molar-refractivity contribution in [3.05, 3.63) is 20.9 Å². The van der Waals surface area contributed by atoms with E-state index in [9.17, 15) is 9.59 Å². The number of carboxylic acids is 2. The van der Waals surface area contributed by atoms with E-state index in [1.54, 1.807) is 0 Å². The van der Waals surface area contributed by atoms with E-state index in [0.717, 1.165) is 0 Å². The predicted molar refractivity (Wildman–Crippen MR) is 36.3 cm³/mol. The average molecular weight is 186 g/mol. The van der Waals surface area contributed by atoms with Crippen LogP contribution >= 0.6 is 0 Å². The fourth-order valence-corrected chi connectivity index (χ4v) is 0.412. The van der Waals surface area contributed by atoms with Gasteiger partial charge in [0.05, 0.1) is 0 Å². The lowest BCUT2D eigenvalue weighted by Crippen LogP contribution is -2.42. The van der Waals surface area contributed by atoms with Crippen molar-refractivity contribution in [2.75, 3.05) is 0 Å². The Morgan fingerprint density at radius 3 is 1.54 bits per heavy atom. The highest BCUT2D eigenvalue weighted by Crippen LogP contribution is 2.14. The number of nitrogens with zero attached hydrogens (tertiary/aromatic N) is 6. The normalized spacial score (nSPS) is 9.23. The molecule has 0 spiro atoms. The molecule has 10 nitrogen and oxygen atoms in total. The van der Waals surface area contributed by atoms with Gasteiger partial charge < -0.3 is 10.2 Å². The summed E-state index contributed by atoms with van der Waals surface area (Å²) >= 11 is 0. The van der Waals surface area contributed by atoms with E-state index in [-0.39, 0.29) is 0 Å². The number of rotatable bonds is 4. The van der Waals surface area contributed by atoms with Crippen molar-refractivity contribution in [3.8, 4) is 0 Å². The highest BCUT2D eigenvalue weighted by molar-refractivity contribution is 6.03. The van der Waals surface area contributed by atoms with Crippen LogP contribution in [0, 0.1) is 0 Å². The van der Waals surface area contributed by atoms with Gasteiger partial charge in [-0.25, -0.2) is 0 Å². The summed E-state index contributed by atoms with van der Waals surface area (Å²) < 4.78 is 0. The summed E-state index contributed by atoms with van der Waals surface area (Å²) in [6, 6.07) is 0. The van der Waals surface area contributed by atoms with Gasteiger partial charge in [-0.1, -0.05) is 10.2 Å². The average Bonchev–Trinajstić information content (AvgIpc) is 2.03. The van der Waals surface area contributed by atoms with Crippen LogP contribution in [0.5, 0.6) is 0 Å². The van der Waals surface area contributed by atoms with Crippen molar-refractivity contribution in [1.29, 1.82) is 0 Å². The van der Waals surface area contributed by atoms with Crippen LogP contribution in [0.25, 0.3) is 20.9 Å². The zero-order chi connectivity index (χ0) is 10.5. The summed E-state index contributed by atoms with van der Waals surface area (Å²) in [5.74, 6) is -4.12. The number of carbonyl (C=O) groups is 2. The van der Waals surface area contributed by atoms with Gasteiger partial charge in [-0.15, -0.1) is 0 Å². The van der Waals surface area contributed by atoms with Crippen LogP contribution < -0.4 is 0 Å². The third-order valence-electron chi connectivity index (χ3n) is 0.975.